The van der Waals surface area contributed by atoms with Crippen LogP contribution in [0.25, 0.3) is 0 Å². The Bertz CT molecular complexity index is 1510. The molecule has 0 spiro atoms. The van der Waals surface area contributed by atoms with E-state index in [0.29, 0.717) is 16.5 Å². The van der Waals surface area contributed by atoms with Gasteiger partial charge in [-0.1, -0.05) is 16.9 Å². The number of halogens is 1. The number of aliphatic carboxylic acids is 1. The molecule has 3 aromatic rings. The minimum absolute atomic E-state index is 0.0692. The van der Waals surface area contributed by atoms with Crippen molar-refractivity contribution in [2.75, 3.05) is 17.2 Å². The number of nitrogens with one attached hydrogen (secondary N) is 1. The first-order valence-corrected chi connectivity index (χ1v) is 13.7. The van der Waals surface area contributed by atoms with E-state index in [2.05, 4.69) is 35.4 Å². The van der Waals surface area contributed by atoms with Crippen LogP contribution in [0.15, 0.2) is 45.8 Å². The fraction of sp³-hybridized carbons (Fsp3) is 0.250. The third kappa shape index (κ3) is 5.40. The van der Waals surface area contributed by atoms with Crippen molar-refractivity contribution < 1.29 is 28.7 Å². The van der Waals surface area contributed by atoms with Gasteiger partial charge in [0.2, 0.25) is 16.7 Å². The zero-order valence-electron chi connectivity index (χ0n) is 19.7. The van der Waals surface area contributed by atoms with Crippen LogP contribution in [0.4, 0.5) is 9.52 Å². The lowest BCUT2D eigenvalue weighted by atomic mass is 10.0. The highest BCUT2D eigenvalue weighted by atomic mass is 32.2. The van der Waals surface area contributed by atoms with Crippen LogP contribution < -0.4 is 15.9 Å². The van der Waals surface area contributed by atoms with Crippen molar-refractivity contribution in [3.63, 3.8) is 0 Å². The maximum absolute atomic E-state index is 13.2. The first-order valence-electron chi connectivity index (χ1n) is 10.9. The monoisotopic (exact) mass is 592 g/mol. The van der Waals surface area contributed by atoms with Gasteiger partial charge in [0.25, 0.3) is 11.8 Å². The second kappa shape index (κ2) is 10.9. The van der Waals surface area contributed by atoms with E-state index in [1.54, 1.807) is 7.05 Å². The maximum Gasteiger partial charge on any atom is 0.352 e. The minimum Gasteiger partial charge on any atom is -0.477 e. The van der Waals surface area contributed by atoms with Gasteiger partial charge in [-0.25, -0.2) is 13.9 Å². The Kier molecular flexibility index (Phi) is 7.44. The van der Waals surface area contributed by atoms with Gasteiger partial charge < -0.3 is 21.0 Å². The van der Waals surface area contributed by atoms with Crippen molar-refractivity contribution in [1.29, 1.82) is 0 Å². The number of nitrogens with zero attached hydrogens (tertiary/aromatic N) is 8. The van der Waals surface area contributed by atoms with Crippen molar-refractivity contribution >= 4 is 63.7 Å². The molecule has 2 aliphatic rings. The van der Waals surface area contributed by atoms with Crippen LogP contribution in [-0.4, -0.2) is 86.0 Å². The smallest absolute Gasteiger partial charge is 0.352 e. The number of tetrazole rings is 1. The van der Waals surface area contributed by atoms with E-state index in [1.165, 1.54) is 40.3 Å². The lowest BCUT2D eigenvalue weighted by Gasteiger charge is -2.49. The van der Waals surface area contributed by atoms with Crippen LogP contribution in [0.2, 0.25) is 0 Å². The highest BCUT2D eigenvalue weighted by molar-refractivity contribution is 8.01. The lowest BCUT2D eigenvalue weighted by molar-refractivity contribution is -0.150. The summed E-state index contributed by atoms with van der Waals surface area (Å²) in [7, 11) is 1.66. The molecule has 0 aliphatic carbocycles. The molecule has 0 radical (unpaired) electrons. The van der Waals surface area contributed by atoms with Crippen LogP contribution in [-0.2, 0) is 21.4 Å². The van der Waals surface area contributed by atoms with E-state index >= 15 is 0 Å². The number of thioether (sulfide) groups is 2. The number of carboxylic acids is 1. The number of nitrogen functional groups attached to an aromatic ring is 1. The summed E-state index contributed by atoms with van der Waals surface area (Å²) in [6.07, 6.45) is 0. The second-order valence-corrected chi connectivity index (χ2v) is 10.8. The molecule has 4 N–H and O–H groups in total. The topological polar surface area (TPSA) is 204 Å². The molecule has 2 atom stereocenters. The standard InChI is InChI=1S/C20H17FN10O5S3/c1-30-20(25-28-29-30)38-7-8-6-37-17-12(16(33)31(17)13(8)18(34)35)23-15(32)11(14-24-19(22)39-27-14)26-36-10-4-2-9(21)3-5-10/h2-5,12,17H,6-7H2,1H3,(H,23,32)(H,34,35)(H2,22,24,27)/t12?,17-/m0/s1. The molecular formula is C20H17FN10O5S3. The Labute approximate surface area is 230 Å². The number of rotatable bonds is 9. The number of carbonyl (C=O) groups excluding carboxylic acids is 2. The number of carbonyl (C=O) groups is 3. The number of nitrogens with two attached hydrogens (primary N) is 1. The predicted molar refractivity (Wildman–Crippen MR) is 137 cm³/mol. The third-order valence-corrected chi connectivity index (χ3v) is 8.40. The minimum atomic E-state index is -1.26. The van der Waals surface area contributed by atoms with Gasteiger partial charge in [0.1, 0.15) is 22.9 Å². The van der Waals surface area contributed by atoms with E-state index in [4.69, 9.17) is 10.6 Å². The van der Waals surface area contributed by atoms with Crippen LogP contribution in [0.1, 0.15) is 5.82 Å². The van der Waals surface area contributed by atoms with Crippen LogP contribution >= 0.6 is 35.1 Å². The fourth-order valence-electron chi connectivity index (χ4n) is 3.61. The number of benzene rings is 1. The van der Waals surface area contributed by atoms with E-state index in [1.807, 2.05) is 0 Å². The van der Waals surface area contributed by atoms with E-state index < -0.39 is 35.0 Å². The first-order chi connectivity index (χ1) is 18.7. The SMILES string of the molecule is Cn1nnnc1SCC1=C(C(=O)O)N2C(=O)C(NC(=O)C(=NOc3ccc(F)cc3)c3nsc(N)n3)[C@@H]2SC1. The summed E-state index contributed by atoms with van der Waals surface area (Å²) in [4.78, 5) is 48.7. The number of carboxylic acid groups (broad SMARTS) is 1. The molecule has 1 aromatic carbocycles. The molecule has 1 unspecified atom stereocenters. The second-order valence-electron chi connectivity index (χ2n) is 7.93. The maximum atomic E-state index is 13.2. The third-order valence-electron chi connectivity index (χ3n) is 5.42. The Balaban J connectivity index is 1.32. The summed E-state index contributed by atoms with van der Waals surface area (Å²) in [5.41, 5.74) is 5.65. The zero-order valence-corrected chi connectivity index (χ0v) is 22.2. The molecule has 2 amide bonds. The Hall–Kier alpha value is -4.10. The molecular weight excluding hydrogens is 575 g/mol. The highest BCUT2D eigenvalue weighted by Crippen LogP contribution is 2.41. The molecule has 5 rings (SSSR count). The number of aryl methyl sites for hydroxylation is 1. The summed E-state index contributed by atoms with van der Waals surface area (Å²) in [6, 6.07) is 3.87. The molecule has 0 saturated carbocycles. The first kappa shape index (κ1) is 26.5. The molecule has 1 fully saturated rings. The van der Waals surface area contributed by atoms with Crippen LogP contribution in [0, 0.1) is 5.82 Å². The van der Waals surface area contributed by atoms with Gasteiger partial charge in [0.05, 0.1) is 0 Å². The average Bonchev–Trinajstić information content (AvgIpc) is 3.53. The molecule has 202 valence electrons. The van der Waals surface area contributed by atoms with Crippen LogP contribution in [0.5, 0.6) is 5.75 Å². The predicted octanol–water partition coefficient (Wildman–Crippen LogP) is 0.0969. The number of oxime groups is 1. The quantitative estimate of drug-likeness (QED) is 0.131. The van der Waals surface area contributed by atoms with Gasteiger partial charge in [-0.2, -0.15) is 9.36 Å². The van der Waals surface area contributed by atoms with Crippen molar-refractivity contribution in [1.82, 2.24) is 39.8 Å². The molecule has 2 aromatic heterocycles. The molecule has 39 heavy (non-hydrogen) atoms. The normalized spacial score (nSPS) is 19.0. The number of amides is 2. The van der Waals surface area contributed by atoms with E-state index in [9.17, 15) is 23.9 Å². The number of aromatic nitrogens is 6. The summed E-state index contributed by atoms with van der Waals surface area (Å²) < 4.78 is 18.6. The average molecular weight is 593 g/mol. The van der Waals surface area contributed by atoms with Crippen LogP contribution in [0.3, 0.4) is 0 Å². The van der Waals surface area contributed by atoms with Gasteiger partial charge in [-0.05, 0) is 40.3 Å². The van der Waals surface area contributed by atoms with Crippen molar-refractivity contribution in [3.8, 4) is 5.75 Å². The Morgan fingerprint density at radius 1 is 1.36 bits per heavy atom. The number of fused-ring (bicyclic) bond motifs is 1. The number of anilines is 1. The van der Waals surface area contributed by atoms with Crippen molar-refractivity contribution in [2.45, 2.75) is 16.6 Å². The Morgan fingerprint density at radius 2 is 2.13 bits per heavy atom. The number of hydrogen-bond donors (Lipinski definition) is 3. The highest BCUT2D eigenvalue weighted by Gasteiger charge is 2.54. The van der Waals surface area contributed by atoms with Crippen molar-refractivity contribution in [2.24, 2.45) is 12.2 Å². The molecule has 1 saturated heterocycles. The Morgan fingerprint density at radius 3 is 2.77 bits per heavy atom. The van der Waals surface area contributed by atoms with Crippen molar-refractivity contribution in [3.05, 3.63) is 47.2 Å². The fourth-order valence-corrected chi connectivity index (χ4v) is 6.38. The zero-order chi connectivity index (χ0) is 27.7. The van der Waals surface area contributed by atoms with Gasteiger partial charge in [0.15, 0.2) is 10.9 Å². The molecule has 19 heteroatoms. The van der Waals surface area contributed by atoms with E-state index in [-0.39, 0.29) is 33.9 Å². The summed E-state index contributed by atoms with van der Waals surface area (Å²) in [6.45, 7) is 0. The molecule has 15 nitrogen and oxygen atoms in total. The summed E-state index contributed by atoms with van der Waals surface area (Å²) in [5.74, 6) is -2.64. The number of β-lactam (4-membered cyclic amide) rings is 1. The summed E-state index contributed by atoms with van der Waals surface area (Å²) in [5, 5.41) is 27.3. The molecule has 4 heterocycles. The lowest BCUT2D eigenvalue weighted by Crippen LogP contribution is -2.71. The van der Waals surface area contributed by atoms with Gasteiger partial charge >= 0.3 is 5.97 Å². The summed E-state index contributed by atoms with van der Waals surface area (Å²) >= 11 is 3.37. The molecule has 0 bridgehead atoms. The van der Waals surface area contributed by atoms with Gasteiger partial charge in [-0.3, -0.25) is 14.5 Å². The largest absolute Gasteiger partial charge is 0.477 e. The van der Waals surface area contributed by atoms with Gasteiger partial charge in [-0.15, -0.1) is 16.9 Å². The van der Waals surface area contributed by atoms with Gasteiger partial charge in [0, 0.05) is 30.1 Å². The number of hydrogen-bond acceptors (Lipinski definition) is 14. The molecule has 2 aliphatic heterocycles. The van der Waals surface area contributed by atoms with E-state index in [0.717, 1.165) is 28.6 Å².